The molecule has 0 saturated heterocycles. The summed E-state index contributed by atoms with van der Waals surface area (Å²) >= 11 is 1.20. The maximum atomic E-state index is 11.9. The number of hydrogen-bond acceptors (Lipinski definition) is 5. The summed E-state index contributed by atoms with van der Waals surface area (Å²) in [5.41, 5.74) is 1.18. The van der Waals surface area contributed by atoms with E-state index in [9.17, 15) is 9.59 Å². The summed E-state index contributed by atoms with van der Waals surface area (Å²) in [5.74, 6) is -0.485. The molecule has 22 heavy (non-hydrogen) atoms. The third kappa shape index (κ3) is 4.94. The van der Waals surface area contributed by atoms with E-state index >= 15 is 0 Å². The van der Waals surface area contributed by atoms with Crippen molar-refractivity contribution in [2.24, 2.45) is 0 Å². The number of carbonyl (C=O) groups excluding carboxylic acids is 2. The average molecular weight is 319 g/mol. The predicted octanol–water partition coefficient (Wildman–Crippen LogP) is 1.44. The summed E-state index contributed by atoms with van der Waals surface area (Å²) in [5, 5.41) is 16.0. The van der Waals surface area contributed by atoms with Crippen molar-refractivity contribution < 1.29 is 14.7 Å². The van der Waals surface area contributed by atoms with Gasteiger partial charge in [0.15, 0.2) is 5.13 Å². The molecule has 0 unspecified atom stereocenters. The van der Waals surface area contributed by atoms with Gasteiger partial charge < -0.3 is 15.7 Å². The Labute approximate surface area is 132 Å². The molecule has 2 rings (SSSR count). The fourth-order valence-electron chi connectivity index (χ4n) is 1.75. The number of nitrogens with one attached hydrogen (secondary N) is 2. The average Bonchev–Trinajstić information content (AvgIpc) is 2.97. The van der Waals surface area contributed by atoms with Crippen LogP contribution in [0.1, 0.15) is 22.5 Å². The van der Waals surface area contributed by atoms with Crippen LogP contribution in [0, 0.1) is 0 Å². The van der Waals surface area contributed by atoms with Gasteiger partial charge in [0, 0.05) is 18.5 Å². The molecule has 0 spiro atoms. The number of nitrogens with zero attached hydrogens (tertiary/aromatic N) is 1. The van der Waals surface area contributed by atoms with Gasteiger partial charge in [-0.2, -0.15) is 0 Å². The number of rotatable bonds is 7. The minimum absolute atomic E-state index is 0.0259. The van der Waals surface area contributed by atoms with Gasteiger partial charge in [-0.3, -0.25) is 9.59 Å². The Hall–Kier alpha value is -2.25. The van der Waals surface area contributed by atoms with Crippen LogP contribution in [0.4, 0.5) is 5.13 Å². The van der Waals surface area contributed by atoms with Crippen molar-refractivity contribution in [1.29, 1.82) is 0 Å². The number of aliphatic hydroxyl groups is 1. The molecule has 1 heterocycles. The molecule has 0 radical (unpaired) electrons. The Morgan fingerprint density at radius 2 is 2.00 bits per heavy atom. The van der Waals surface area contributed by atoms with E-state index in [0.717, 1.165) is 5.56 Å². The molecular formula is C15H17N3O3S. The molecule has 0 atom stereocenters. The molecule has 3 N–H and O–H groups in total. The molecule has 0 aliphatic carbocycles. The van der Waals surface area contributed by atoms with Crippen molar-refractivity contribution in [2.45, 2.75) is 12.8 Å². The number of carbonyl (C=O) groups is 2. The SMILES string of the molecule is O=C(Cc1ccccc1)Nc1nc(C(=O)NCCCO)cs1. The second-order valence-corrected chi connectivity index (χ2v) is 5.44. The van der Waals surface area contributed by atoms with Crippen LogP contribution in [0.15, 0.2) is 35.7 Å². The van der Waals surface area contributed by atoms with Crippen LogP contribution in [-0.4, -0.2) is 35.1 Å². The monoisotopic (exact) mass is 319 g/mol. The largest absolute Gasteiger partial charge is 0.396 e. The third-order valence-electron chi connectivity index (χ3n) is 2.81. The van der Waals surface area contributed by atoms with Crippen molar-refractivity contribution in [3.05, 3.63) is 47.0 Å². The van der Waals surface area contributed by atoms with E-state index in [-0.39, 0.29) is 30.5 Å². The first-order valence-electron chi connectivity index (χ1n) is 6.87. The van der Waals surface area contributed by atoms with E-state index in [1.54, 1.807) is 5.38 Å². The van der Waals surface area contributed by atoms with Crippen molar-refractivity contribution in [2.75, 3.05) is 18.5 Å². The highest BCUT2D eigenvalue weighted by molar-refractivity contribution is 7.14. The highest BCUT2D eigenvalue weighted by Crippen LogP contribution is 2.15. The number of thiazole rings is 1. The molecule has 0 saturated carbocycles. The zero-order valence-electron chi connectivity index (χ0n) is 11.9. The molecule has 1 aromatic heterocycles. The Balaban J connectivity index is 1.86. The molecule has 7 heteroatoms. The molecular weight excluding hydrogens is 302 g/mol. The second-order valence-electron chi connectivity index (χ2n) is 4.58. The number of aromatic nitrogens is 1. The first-order valence-corrected chi connectivity index (χ1v) is 7.75. The van der Waals surface area contributed by atoms with Crippen LogP contribution in [0.25, 0.3) is 0 Å². The number of hydrogen-bond donors (Lipinski definition) is 3. The van der Waals surface area contributed by atoms with Gasteiger partial charge in [-0.05, 0) is 12.0 Å². The van der Waals surface area contributed by atoms with Gasteiger partial charge >= 0.3 is 0 Å². The standard InChI is InChI=1S/C15H17N3O3S/c19-8-4-7-16-14(21)12-10-22-15(17-12)18-13(20)9-11-5-2-1-3-6-11/h1-3,5-6,10,19H,4,7-9H2,(H,16,21)(H,17,18,20). The molecule has 0 aliphatic rings. The Morgan fingerprint density at radius 1 is 1.23 bits per heavy atom. The van der Waals surface area contributed by atoms with E-state index in [1.807, 2.05) is 30.3 Å². The molecule has 116 valence electrons. The van der Waals surface area contributed by atoms with Crippen LogP contribution in [0.2, 0.25) is 0 Å². The van der Waals surface area contributed by atoms with Crippen molar-refractivity contribution >= 4 is 28.3 Å². The summed E-state index contributed by atoms with van der Waals surface area (Å²) in [6.45, 7) is 0.417. The van der Waals surface area contributed by atoms with Gasteiger partial charge in [-0.15, -0.1) is 11.3 Å². The fraction of sp³-hybridized carbons (Fsp3) is 0.267. The fourth-order valence-corrected chi connectivity index (χ4v) is 2.46. The molecule has 2 amide bonds. The first-order chi connectivity index (χ1) is 10.7. The van der Waals surface area contributed by atoms with Crippen LogP contribution < -0.4 is 10.6 Å². The van der Waals surface area contributed by atoms with E-state index < -0.39 is 0 Å². The van der Waals surface area contributed by atoms with Crippen molar-refractivity contribution in [1.82, 2.24) is 10.3 Å². The maximum Gasteiger partial charge on any atom is 0.270 e. The molecule has 0 bridgehead atoms. The summed E-state index contributed by atoms with van der Waals surface area (Å²) in [6, 6.07) is 9.40. The van der Waals surface area contributed by atoms with E-state index in [0.29, 0.717) is 18.1 Å². The minimum Gasteiger partial charge on any atom is -0.396 e. The zero-order valence-corrected chi connectivity index (χ0v) is 12.7. The van der Waals surface area contributed by atoms with Gasteiger partial charge in [0.05, 0.1) is 6.42 Å². The second kappa shape index (κ2) is 8.26. The predicted molar refractivity (Wildman–Crippen MR) is 84.9 cm³/mol. The molecule has 0 aliphatic heterocycles. The maximum absolute atomic E-state index is 11.9. The number of amides is 2. The lowest BCUT2D eigenvalue weighted by Crippen LogP contribution is -2.25. The van der Waals surface area contributed by atoms with E-state index in [4.69, 9.17) is 5.11 Å². The summed E-state index contributed by atoms with van der Waals surface area (Å²) in [6.07, 6.45) is 0.759. The van der Waals surface area contributed by atoms with Crippen LogP contribution in [-0.2, 0) is 11.2 Å². The van der Waals surface area contributed by atoms with Gasteiger partial charge in [-0.25, -0.2) is 4.98 Å². The molecule has 2 aromatic rings. The minimum atomic E-state index is -0.312. The normalized spacial score (nSPS) is 10.2. The number of benzene rings is 1. The summed E-state index contributed by atoms with van der Waals surface area (Å²) in [7, 11) is 0. The van der Waals surface area contributed by atoms with Crippen LogP contribution >= 0.6 is 11.3 Å². The lowest BCUT2D eigenvalue weighted by molar-refractivity contribution is -0.115. The van der Waals surface area contributed by atoms with Crippen LogP contribution in [0.3, 0.4) is 0 Å². The van der Waals surface area contributed by atoms with Gasteiger partial charge in [0.25, 0.3) is 5.91 Å². The highest BCUT2D eigenvalue weighted by atomic mass is 32.1. The van der Waals surface area contributed by atoms with Crippen LogP contribution in [0.5, 0.6) is 0 Å². The van der Waals surface area contributed by atoms with Gasteiger partial charge in [0.1, 0.15) is 5.69 Å². The highest BCUT2D eigenvalue weighted by Gasteiger charge is 2.12. The van der Waals surface area contributed by atoms with Gasteiger partial charge in [0.2, 0.25) is 5.91 Å². The lowest BCUT2D eigenvalue weighted by atomic mass is 10.1. The number of anilines is 1. The Kier molecular flexibility index (Phi) is 6.05. The van der Waals surface area contributed by atoms with Crippen molar-refractivity contribution in [3.63, 3.8) is 0 Å². The summed E-state index contributed by atoms with van der Waals surface area (Å²) in [4.78, 5) is 27.7. The first kappa shape index (κ1) is 16.1. The smallest absolute Gasteiger partial charge is 0.270 e. The van der Waals surface area contributed by atoms with E-state index in [1.165, 1.54) is 11.3 Å². The zero-order chi connectivity index (χ0) is 15.8. The van der Waals surface area contributed by atoms with Gasteiger partial charge in [-0.1, -0.05) is 30.3 Å². The third-order valence-corrected chi connectivity index (χ3v) is 3.57. The Morgan fingerprint density at radius 3 is 2.73 bits per heavy atom. The lowest BCUT2D eigenvalue weighted by Gasteiger charge is -2.02. The van der Waals surface area contributed by atoms with E-state index in [2.05, 4.69) is 15.6 Å². The topological polar surface area (TPSA) is 91.3 Å². The molecule has 0 fully saturated rings. The quantitative estimate of drug-likeness (QED) is 0.673. The number of aliphatic hydroxyl groups excluding tert-OH is 1. The summed E-state index contributed by atoms with van der Waals surface area (Å²) < 4.78 is 0. The molecule has 6 nitrogen and oxygen atoms in total. The Bertz CT molecular complexity index is 628. The molecule has 1 aromatic carbocycles. The van der Waals surface area contributed by atoms with Crippen molar-refractivity contribution in [3.8, 4) is 0 Å².